The molecule has 148 valence electrons. The maximum atomic E-state index is 12.8. The number of carbonyl (C=O) groups is 1. The van der Waals surface area contributed by atoms with Crippen molar-refractivity contribution in [1.82, 2.24) is 9.88 Å². The number of carbonyl (C=O) groups excluding carboxylic acids is 1. The van der Waals surface area contributed by atoms with Crippen molar-refractivity contribution in [2.75, 3.05) is 19.0 Å². The van der Waals surface area contributed by atoms with Gasteiger partial charge in [0, 0.05) is 31.7 Å². The molecule has 2 fully saturated rings. The zero-order valence-electron chi connectivity index (χ0n) is 16.5. The van der Waals surface area contributed by atoms with E-state index in [4.69, 9.17) is 11.6 Å². The van der Waals surface area contributed by atoms with E-state index in [1.807, 2.05) is 26.8 Å². The highest BCUT2D eigenvalue weighted by atomic mass is 35.5. The second-order valence-corrected chi connectivity index (χ2v) is 10.7. The number of hydrogen-bond acceptors (Lipinski definition) is 5. The van der Waals surface area contributed by atoms with Crippen molar-refractivity contribution in [3.63, 3.8) is 0 Å². The summed E-state index contributed by atoms with van der Waals surface area (Å²) >= 11 is 5.04. The SMILES string of the molecule is CN(C)C(=O)c1cc(N2C3CCC2CC3)nc(Cl)c1C=N[S+]([O-])C(C)(C)C. The fraction of sp³-hybridized carbons (Fsp3) is 0.632. The Morgan fingerprint density at radius 3 is 2.37 bits per heavy atom. The highest BCUT2D eigenvalue weighted by molar-refractivity contribution is 7.91. The zero-order chi connectivity index (χ0) is 19.9. The highest BCUT2D eigenvalue weighted by Crippen LogP contribution is 2.41. The van der Waals surface area contributed by atoms with E-state index in [1.54, 1.807) is 14.1 Å². The van der Waals surface area contributed by atoms with Gasteiger partial charge in [-0.2, -0.15) is 0 Å². The predicted molar refractivity (Wildman–Crippen MR) is 111 cm³/mol. The molecule has 0 radical (unpaired) electrons. The second-order valence-electron chi connectivity index (χ2n) is 8.40. The van der Waals surface area contributed by atoms with E-state index in [1.165, 1.54) is 11.1 Å². The van der Waals surface area contributed by atoms with E-state index in [-0.39, 0.29) is 11.1 Å². The van der Waals surface area contributed by atoms with Gasteiger partial charge in [-0.1, -0.05) is 16.0 Å². The van der Waals surface area contributed by atoms with Gasteiger partial charge in [0.1, 0.15) is 27.1 Å². The van der Waals surface area contributed by atoms with Gasteiger partial charge in [0.25, 0.3) is 5.91 Å². The van der Waals surface area contributed by atoms with Crippen LogP contribution >= 0.6 is 11.6 Å². The molecule has 1 atom stereocenters. The van der Waals surface area contributed by atoms with Crippen LogP contribution in [0.5, 0.6) is 0 Å². The minimum Gasteiger partial charge on any atom is -0.591 e. The first-order valence-electron chi connectivity index (χ1n) is 9.26. The third-order valence-electron chi connectivity index (χ3n) is 5.15. The first-order chi connectivity index (χ1) is 12.6. The number of hydrogen-bond donors (Lipinski definition) is 0. The molecule has 1 aromatic heterocycles. The van der Waals surface area contributed by atoms with Gasteiger partial charge in [0.2, 0.25) is 0 Å². The number of halogens is 1. The molecule has 3 heterocycles. The van der Waals surface area contributed by atoms with Crippen LogP contribution in [0.25, 0.3) is 0 Å². The molecule has 2 saturated heterocycles. The number of amides is 1. The molecule has 0 aliphatic carbocycles. The van der Waals surface area contributed by atoms with Crippen LogP contribution in [0.15, 0.2) is 10.5 Å². The average Bonchev–Trinajstić information content (AvgIpc) is 3.18. The van der Waals surface area contributed by atoms with Gasteiger partial charge in [-0.15, -0.1) is 0 Å². The van der Waals surface area contributed by atoms with Crippen LogP contribution in [-0.2, 0) is 11.4 Å². The molecule has 0 N–H and O–H groups in total. The van der Waals surface area contributed by atoms with E-state index in [9.17, 15) is 9.35 Å². The summed E-state index contributed by atoms with van der Waals surface area (Å²) in [4.78, 5) is 21.2. The minimum atomic E-state index is -1.44. The van der Waals surface area contributed by atoms with Crippen LogP contribution in [0.4, 0.5) is 5.82 Å². The van der Waals surface area contributed by atoms with E-state index < -0.39 is 16.1 Å². The van der Waals surface area contributed by atoms with Crippen LogP contribution in [0, 0.1) is 0 Å². The Balaban J connectivity index is 2.02. The number of pyridine rings is 1. The largest absolute Gasteiger partial charge is 0.591 e. The van der Waals surface area contributed by atoms with E-state index in [0.29, 0.717) is 23.2 Å². The fourth-order valence-corrected chi connectivity index (χ4v) is 4.48. The molecule has 6 nitrogen and oxygen atoms in total. The minimum absolute atomic E-state index is 0.171. The second kappa shape index (κ2) is 7.60. The van der Waals surface area contributed by atoms with Gasteiger partial charge in [0.05, 0.1) is 11.8 Å². The quantitative estimate of drug-likeness (QED) is 0.433. The predicted octanol–water partition coefficient (Wildman–Crippen LogP) is 3.45. The summed E-state index contributed by atoms with van der Waals surface area (Å²) in [6.07, 6.45) is 6.07. The average molecular weight is 411 g/mol. The molecule has 0 saturated carbocycles. The van der Waals surface area contributed by atoms with Crippen LogP contribution in [-0.4, -0.2) is 57.5 Å². The molecule has 1 unspecified atom stereocenters. The molecule has 2 aliphatic heterocycles. The number of nitrogens with zero attached hydrogens (tertiary/aromatic N) is 4. The normalized spacial score (nSPS) is 23.3. The van der Waals surface area contributed by atoms with Gasteiger partial charge in [-0.05, 0) is 52.5 Å². The van der Waals surface area contributed by atoms with Crippen LogP contribution in [0.1, 0.15) is 62.4 Å². The Kier molecular flexibility index (Phi) is 5.75. The molecule has 2 bridgehead atoms. The highest BCUT2D eigenvalue weighted by Gasteiger charge is 2.40. The van der Waals surface area contributed by atoms with Crippen LogP contribution in [0.2, 0.25) is 5.15 Å². The number of fused-ring (bicyclic) bond motifs is 2. The molecule has 3 rings (SSSR count). The first kappa shape index (κ1) is 20.4. The third kappa shape index (κ3) is 4.10. The van der Waals surface area contributed by atoms with E-state index >= 15 is 0 Å². The lowest BCUT2D eigenvalue weighted by Gasteiger charge is -2.25. The van der Waals surface area contributed by atoms with Gasteiger partial charge < -0.3 is 14.4 Å². The summed E-state index contributed by atoms with van der Waals surface area (Å²) in [5.41, 5.74) is 0.860. The zero-order valence-corrected chi connectivity index (χ0v) is 18.1. The van der Waals surface area contributed by atoms with Crippen LogP contribution in [0.3, 0.4) is 0 Å². The third-order valence-corrected chi connectivity index (χ3v) is 6.79. The molecule has 1 amide bonds. The maximum absolute atomic E-state index is 12.8. The molecular formula is C19H27ClN4O2S. The Hall–Kier alpha value is -1.31. The Bertz CT molecular complexity index is 743. The Labute approximate surface area is 169 Å². The van der Waals surface area contributed by atoms with Crippen molar-refractivity contribution in [2.45, 2.75) is 63.3 Å². The lowest BCUT2D eigenvalue weighted by atomic mass is 10.0. The number of rotatable bonds is 4. The molecule has 1 aromatic rings. The van der Waals surface area contributed by atoms with Crippen LogP contribution < -0.4 is 4.90 Å². The summed E-state index contributed by atoms with van der Waals surface area (Å²) in [7, 11) is 3.40. The van der Waals surface area contributed by atoms with Crippen molar-refractivity contribution >= 4 is 40.9 Å². The Morgan fingerprint density at radius 2 is 1.89 bits per heavy atom. The van der Waals surface area contributed by atoms with Crippen molar-refractivity contribution in [3.05, 3.63) is 22.3 Å². The summed E-state index contributed by atoms with van der Waals surface area (Å²) in [5.74, 6) is 0.583. The lowest BCUT2D eigenvalue weighted by molar-refractivity contribution is 0.0827. The smallest absolute Gasteiger partial charge is 0.254 e. The number of aromatic nitrogens is 1. The van der Waals surface area contributed by atoms with Crippen molar-refractivity contribution in [3.8, 4) is 0 Å². The van der Waals surface area contributed by atoms with E-state index in [0.717, 1.165) is 31.5 Å². The summed E-state index contributed by atoms with van der Waals surface area (Å²) < 4.78 is 15.9. The van der Waals surface area contributed by atoms with Gasteiger partial charge in [-0.3, -0.25) is 4.79 Å². The molecule has 8 heteroatoms. The lowest BCUT2D eigenvalue weighted by Crippen LogP contribution is -2.30. The molecule has 0 spiro atoms. The molecular weight excluding hydrogens is 384 g/mol. The first-order valence-corrected chi connectivity index (χ1v) is 10.7. The molecule has 0 aromatic carbocycles. The molecule has 2 aliphatic rings. The van der Waals surface area contributed by atoms with Crippen molar-refractivity contribution in [2.24, 2.45) is 4.40 Å². The summed E-state index contributed by atoms with van der Waals surface area (Å²) in [5, 5.41) is 0.221. The monoisotopic (exact) mass is 410 g/mol. The summed E-state index contributed by atoms with van der Waals surface area (Å²) in [6.45, 7) is 5.54. The standard InChI is InChI=1S/C19H27ClN4O2S/c1-19(2,3)27(26)21-11-15-14(18(25)23(4)5)10-16(22-17(15)20)24-12-6-7-13(24)9-8-12/h10-13H,6-9H2,1-5H3. The van der Waals surface area contributed by atoms with Crippen molar-refractivity contribution in [1.29, 1.82) is 0 Å². The topological polar surface area (TPSA) is 71.9 Å². The Morgan fingerprint density at radius 1 is 1.33 bits per heavy atom. The van der Waals surface area contributed by atoms with Gasteiger partial charge in [-0.25, -0.2) is 4.98 Å². The van der Waals surface area contributed by atoms with Crippen molar-refractivity contribution < 1.29 is 9.35 Å². The number of anilines is 1. The summed E-state index contributed by atoms with van der Waals surface area (Å²) in [6, 6.07) is 2.77. The van der Waals surface area contributed by atoms with Gasteiger partial charge in [0.15, 0.2) is 0 Å². The molecule has 27 heavy (non-hydrogen) atoms. The van der Waals surface area contributed by atoms with Gasteiger partial charge >= 0.3 is 0 Å². The van der Waals surface area contributed by atoms with E-state index in [2.05, 4.69) is 14.3 Å². The fourth-order valence-electron chi connectivity index (χ4n) is 3.73. The maximum Gasteiger partial charge on any atom is 0.254 e.